The van der Waals surface area contributed by atoms with Crippen molar-refractivity contribution in [3.05, 3.63) is 41.1 Å². The number of ketones is 1. The Kier molecular flexibility index (Phi) is 5.03. The predicted molar refractivity (Wildman–Crippen MR) is 107 cm³/mol. The van der Waals surface area contributed by atoms with Gasteiger partial charge in [0.2, 0.25) is 0 Å². The molecule has 1 aromatic rings. The Morgan fingerprint density at radius 3 is 2.76 bits per heavy atom. The van der Waals surface area contributed by atoms with Crippen molar-refractivity contribution >= 4 is 11.8 Å². The molecule has 29 heavy (non-hydrogen) atoms. The molecule has 3 aliphatic carbocycles. The minimum Gasteiger partial charge on any atom is -0.423 e. The van der Waals surface area contributed by atoms with Gasteiger partial charge in [0.15, 0.2) is 5.78 Å². The number of ether oxygens (including phenoxy) is 1. The molecule has 0 heterocycles. The number of benzene rings is 1. The Morgan fingerprint density at radius 2 is 2.03 bits per heavy atom. The zero-order chi connectivity index (χ0) is 20.9. The largest absolute Gasteiger partial charge is 0.423 e. The van der Waals surface area contributed by atoms with E-state index in [4.69, 9.17) is 10.5 Å². The lowest BCUT2D eigenvalue weighted by atomic mass is 9.55. The van der Waals surface area contributed by atoms with E-state index in [1.165, 1.54) is 18.1 Å². The van der Waals surface area contributed by atoms with Crippen molar-refractivity contribution in [2.45, 2.75) is 64.1 Å². The lowest BCUT2D eigenvalue weighted by Crippen LogP contribution is -2.44. The summed E-state index contributed by atoms with van der Waals surface area (Å²) in [6, 6.07) is 5.74. The van der Waals surface area contributed by atoms with E-state index in [9.17, 15) is 19.8 Å². The smallest absolute Gasteiger partial charge is 0.338 e. The SMILES string of the molecule is CC(=O)/C(N)=C/C(=O)Oc1ccc2c(c1)CCC1[C@@H]2CCC2(C)C(O)[C@H](O)C[C@@H]12. The zero-order valence-corrected chi connectivity index (χ0v) is 16.9. The van der Waals surface area contributed by atoms with E-state index in [1.807, 2.05) is 12.1 Å². The van der Waals surface area contributed by atoms with E-state index >= 15 is 0 Å². The minimum absolute atomic E-state index is 0.123. The van der Waals surface area contributed by atoms with Crippen LogP contribution in [-0.2, 0) is 16.0 Å². The Morgan fingerprint density at radius 1 is 1.28 bits per heavy atom. The van der Waals surface area contributed by atoms with Crippen LogP contribution in [0.5, 0.6) is 5.75 Å². The maximum Gasteiger partial charge on any atom is 0.338 e. The molecule has 6 nitrogen and oxygen atoms in total. The number of carbonyl (C=O) groups excluding carboxylic acids is 2. The van der Waals surface area contributed by atoms with Crippen LogP contribution in [-0.4, -0.2) is 34.2 Å². The van der Waals surface area contributed by atoms with Crippen molar-refractivity contribution in [1.29, 1.82) is 0 Å². The van der Waals surface area contributed by atoms with Gasteiger partial charge in [-0.25, -0.2) is 4.79 Å². The van der Waals surface area contributed by atoms with Crippen LogP contribution in [0.3, 0.4) is 0 Å². The summed E-state index contributed by atoms with van der Waals surface area (Å²) in [5.74, 6) is 0.620. The number of fused-ring (bicyclic) bond motifs is 5. The average molecular weight is 399 g/mol. The number of aliphatic hydroxyl groups excluding tert-OH is 2. The van der Waals surface area contributed by atoms with Crippen LogP contribution in [0.15, 0.2) is 30.0 Å². The molecule has 0 aromatic heterocycles. The van der Waals surface area contributed by atoms with Crippen LogP contribution in [0.2, 0.25) is 0 Å². The Balaban J connectivity index is 1.53. The summed E-state index contributed by atoms with van der Waals surface area (Å²) in [7, 11) is 0. The molecule has 6 atom stereocenters. The summed E-state index contributed by atoms with van der Waals surface area (Å²) in [6.07, 6.45) is 4.21. The van der Waals surface area contributed by atoms with Gasteiger partial charge in [-0.15, -0.1) is 0 Å². The molecule has 2 saturated carbocycles. The number of Topliss-reactive ketones (excluding diaryl/α,β-unsaturated/α-hetero) is 1. The van der Waals surface area contributed by atoms with Crippen LogP contribution in [0, 0.1) is 17.3 Å². The lowest BCUT2D eigenvalue weighted by Gasteiger charge is -2.49. The average Bonchev–Trinajstić information content (AvgIpc) is 2.91. The highest BCUT2D eigenvalue weighted by molar-refractivity contribution is 5.98. The second kappa shape index (κ2) is 7.26. The summed E-state index contributed by atoms with van der Waals surface area (Å²) in [5, 5.41) is 20.8. The second-order valence-electron chi connectivity index (χ2n) is 9.15. The van der Waals surface area contributed by atoms with Crippen molar-refractivity contribution < 1.29 is 24.5 Å². The standard InChI is InChI=1S/C23H29NO5/c1-12(25)19(24)11-21(27)29-14-4-6-15-13(9-14)3-5-17-16(15)7-8-23(2)18(17)10-20(26)22(23)28/h4,6,9,11,16-18,20,22,26,28H,3,5,7-8,10,24H2,1-2H3/b19-11-/t16-,17?,18+,20-,22?,23?/m1/s1. The molecule has 1 aromatic carbocycles. The Labute approximate surface area is 170 Å². The third-order valence-corrected chi connectivity index (χ3v) is 7.57. The molecule has 6 heteroatoms. The number of nitrogens with two attached hydrogens (primary N) is 1. The van der Waals surface area contributed by atoms with Crippen molar-refractivity contribution in [1.82, 2.24) is 0 Å². The highest BCUT2D eigenvalue weighted by Gasteiger charge is 2.57. The molecule has 0 spiro atoms. The third-order valence-electron chi connectivity index (χ3n) is 7.57. The van der Waals surface area contributed by atoms with Crippen LogP contribution < -0.4 is 10.5 Å². The molecule has 0 radical (unpaired) electrons. The van der Waals surface area contributed by atoms with Crippen LogP contribution in [0.4, 0.5) is 0 Å². The van der Waals surface area contributed by atoms with E-state index in [1.54, 1.807) is 6.07 Å². The number of esters is 1. The van der Waals surface area contributed by atoms with Gasteiger partial charge in [0.05, 0.1) is 24.0 Å². The number of rotatable bonds is 3. The van der Waals surface area contributed by atoms with Crippen LogP contribution in [0.1, 0.15) is 56.6 Å². The summed E-state index contributed by atoms with van der Waals surface area (Å²) in [5.41, 5.74) is 7.65. The Bertz CT molecular complexity index is 878. The van der Waals surface area contributed by atoms with Crippen molar-refractivity contribution in [2.24, 2.45) is 23.0 Å². The van der Waals surface area contributed by atoms with Gasteiger partial charge in [-0.3, -0.25) is 4.79 Å². The summed E-state index contributed by atoms with van der Waals surface area (Å²) in [6.45, 7) is 3.43. The van der Waals surface area contributed by atoms with Gasteiger partial charge in [-0.2, -0.15) is 0 Å². The van der Waals surface area contributed by atoms with Crippen molar-refractivity contribution in [3.8, 4) is 5.75 Å². The first kappa shape index (κ1) is 20.1. The molecular formula is C23H29NO5. The minimum atomic E-state index is -0.659. The van der Waals surface area contributed by atoms with Gasteiger partial charge in [0, 0.05) is 6.92 Å². The maximum absolute atomic E-state index is 12.0. The summed E-state index contributed by atoms with van der Waals surface area (Å²) < 4.78 is 5.34. The summed E-state index contributed by atoms with van der Waals surface area (Å²) >= 11 is 0. The molecule has 0 saturated heterocycles. The van der Waals surface area contributed by atoms with E-state index in [2.05, 4.69) is 6.92 Å². The number of aryl methyl sites for hydroxylation is 1. The molecule has 2 fully saturated rings. The monoisotopic (exact) mass is 399 g/mol. The molecule has 0 amide bonds. The van der Waals surface area contributed by atoms with Gasteiger partial charge in [-0.05, 0) is 78.5 Å². The molecule has 3 aliphatic rings. The molecule has 156 valence electrons. The number of aliphatic hydroxyl groups is 2. The van der Waals surface area contributed by atoms with E-state index in [-0.39, 0.29) is 16.9 Å². The highest BCUT2D eigenvalue weighted by atomic mass is 16.5. The predicted octanol–water partition coefficient (Wildman–Crippen LogP) is 2.21. The fourth-order valence-electron chi connectivity index (χ4n) is 5.98. The van der Waals surface area contributed by atoms with Crippen LogP contribution in [0.25, 0.3) is 0 Å². The molecule has 0 bridgehead atoms. The van der Waals surface area contributed by atoms with E-state index in [0.717, 1.165) is 31.8 Å². The number of carbonyl (C=O) groups is 2. The number of hydrogen-bond acceptors (Lipinski definition) is 6. The fourth-order valence-corrected chi connectivity index (χ4v) is 5.98. The summed E-state index contributed by atoms with van der Waals surface area (Å²) in [4.78, 5) is 23.1. The third kappa shape index (κ3) is 3.38. The van der Waals surface area contributed by atoms with Crippen LogP contribution >= 0.6 is 0 Å². The van der Waals surface area contributed by atoms with Crippen molar-refractivity contribution in [3.63, 3.8) is 0 Å². The van der Waals surface area contributed by atoms with Gasteiger partial charge >= 0.3 is 5.97 Å². The first-order valence-corrected chi connectivity index (χ1v) is 10.4. The maximum atomic E-state index is 12.0. The van der Waals surface area contributed by atoms with Gasteiger partial charge in [0.1, 0.15) is 5.75 Å². The first-order chi connectivity index (χ1) is 13.7. The topological polar surface area (TPSA) is 110 Å². The highest BCUT2D eigenvalue weighted by Crippen LogP contribution is 2.60. The number of hydrogen-bond donors (Lipinski definition) is 3. The molecular weight excluding hydrogens is 370 g/mol. The van der Waals surface area contributed by atoms with Gasteiger partial charge in [0.25, 0.3) is 0 Å². The normalized spacial score (nSPS) is 36.0. The molecule has 4 N–H and O–H groups in total. The number of allylic oxidation sites excluding steroid dienone is 1. The van der Waals surface area contributed by atoms with Crippen molar-refractivity contribution in [2.75, 3.05) is 0 Å². The molecule has 0 aliphatic heterocycles. The lowest BCUT2D eigenvalue weighted by molar-refractivity contribution is -0.129. The first-order valence-electron chi connectivity index (χ1n) is 10.4. The Hall–Kier alpha value is -2.18. The van der Waals surface area contributed by atoms with Gasteiger partial charge in [-0.1, -0.05) is 13.0 Å². The van der Waals surface area contributed by atoms with Gasteiger partial charge < -0.3 is 20.7 Å². The molecule has 3 unspecified atom stereocenters. The molecule has 4 rings (SSSR count). The van der Waals surface area contributed by atoms with E-state index in [0.29, 0.717) is 29.9 Å². The van der Waals surface area contributed by atoms with E-state index < -0.39 is 18.2 Å². The second-order valence-corrected chi connectivity index (χ2v) is 9.15. The quantitative estimate of drug-likeness (QED) is 0.408. The fraction of sp³-hybridized carbons (Fsp3) is 0.565. The zero-order valence-electron chi connectivity index (χ0n) is 16.9.